The van der Waals surface area contributed by atoms with Crippen LogP contribution < -0.4 is 5.73 Å². The van der Waals surface area contributed by atoms with Gasteiger partial charge in [-0.25, -0.2) is 13.8 Å². The molecule has 0 unspecified atom stereocenters. The van der Waals surface area contributed by atoms with Crippen molar-refractivity contribution in [1.29, 1.82) is 0 Å². The number of nitrogens with two attached hydrogens (primary N) is 1. The molecule has 0 fully saturated rings. The van der Waals surface area contributed by atoms with Crippen molar-refractivity contribution in [3.8, 4) is 11.4 Å². The van der Waals surface area contributed by atoms with Crippen LogP contribution in [0.5, 0.6) is 0 Å². The Morgan fingerprint density at radius 1 is 1.15 bits per heavy atom. The summed E-state index contributed by atoms with van der Waals surface area (Å²) in [5.74, 6) is -1.05. The number of anilines is 1. The zero-order valence-corrected chi connectivity index (χ0v) is 12.1. The summed E-state index contributed by atoms with van der Waals surface area (Å²) in [6.07, 6.45) is 0. The smallest absolute Gasteiger partial charge is 0.149 e. The minimum Gasteiger partial charge on any atom is -0.396 e. The van der Waals surface area contributed by atoms with Crippen LogP contribution in [0, 0.1) is 11.6 Å². The molecule has 0 aliphatic carbocycles. The fourth-order valence-electron chi connectivity index (χ4n) is 2.15. The van der Waals surface area contributed by atoms with Gasteiger partial charge in [-0.3, -0.25) is 0 Å². The van der Waals surface area contributed by atoms with E-state index in [2.05, 4.69) is 20.9 Å². The molecule has 0 saturated carbocycles. The van der Waals surface area contributed by atoms with Crippen LogP contribution in [0.2, 0.25) is 0 Å². The van der Waals surface area contributed by atoms with E-state index in [0.717, 1.165) is 21.6 Å². The van der Waals surface area contributed by atoms with Gasteiger partial charge in [0.15, 0.2) is 0 Å². The maximum Gasteiger partial charge on any atom is 0.149 e. The van der Waals surface area contributed by atoms with Crippen molar-refractivity contribution in [2.75, 3.05) is 5.73 Å². The molecule has 1 aromatic heterocycles. The largest absolute Gasteiger partial charge is 0.396 e. The fourth-order valence-corrected chi connectivity index (χ4v) is 2.50. The molecule has 6 heteroatoms. The third-order valence-corrected chi connectivity index (χ3v) is 3.66. The highest BCUT2D eigenvalue weighted by molar-refractivity contribution is 9.10. The number of imidazole rings is 1. The molecular weight excluding hydrogens is 328 g/mol. The van der Waals surface area contributed by atoms with Gasteiger partial charge in [-0.2, -0.15) is 0 Å². The standard InChI is InChI=1S/C14H10BrF2N3/c1-20-13-3-2-7(15)4-12(13)19-14(20)8-5-11(18)10(17)6-9(8)16/h2-6H,18H2,1H3. The number of benzene rings is 2. The molecule has 102 valence electrons. The lowest BCUT2D eigenvalue weighted by molar-refractivity contribution is 0.587. The van der Waals surface area contributed by atoms with Crippen molar-refractivity contribution in [1.82, 2.24) is 9.55 Å². The van der Waals surface area contributed by atoms with Crippen LogP contribution in [0.3, 0.4) is 0 Å². The van der Waals surface area contributed by atoms with Crippen LogP contribution in [0.25, 0.3) is 22.4 Å². The molecule has 1 heterocycles. The first-order valence-electron chi connectivity index (χ1n) is 5.84. The Morgan fingerprint density at radius 3 is 2.65 bits per heavy atom. The summed E-state index contributed by atoms with van der Waals surface area (Å²) in [7, 11) is 1.78. The Kier molecular flexibility index (Phi) is 2.97. The van der Waals surface area contributed by atoms with Gasteiger partial charge in [0.2, 0.25) is 0 Å². The molecule has 0 aliphatic heterocycles. The quantitative estimate of drug-likeness (QED) is 0.685. The molecule has 2 N–H and O–H groups in total. The number of hydrogen-bond donors (Lipinski definition) is 1. The SMILES string of the molecule is Cn1c(-c2cc(N)c(F)cc2F)nc2cc(Br)ccc21. The molecule has 0 aliphatic rings. The van der Waals surface area contributed by atoms with E-state index in [1.165, 1.54) is 6.07 Å². The fraction of sp³-hybridized carbons (Fsp3) is 0.0714. The highest BCUT2D eigenvalue weighted by Gasteiger charge is 2.16. The third kappa shape index (κ3) is 1.96. The molecule has 0 saturated heterocycles. The topological polar surface area (TPSA) is 43.8 Å². The van der Waals surface area contributed by atoms with E-state index in [9.17, 15) is 8.78 Å². The Hall–Kier alpha value is -1.95. The second-order valence-electron chi connectivity index (χ2n) is 4.48. The Labute approximate surface area is 122 Å². The van der Waals surface area contributed by atoms with E-state index in [4.69, 9.17) is 5.73 Å². The van der Waals surface area contributed by atoms with Gasteiger partial charge >= 0.3 is 0 Å². The number of halogens is 3. The molecule has 3 nitrogen and oxygen atoms in total. The molecule has 0 atom stereocenters. The van der Waals surface area contributed by atoms with Gasteiger partial charge < -0.3 is 10.3 Å². The van der Waals surface area contributed by atoms with Crippen LogP contribution in [0.15, 0.2) is 34.8 Å². The lowest BCUT2D eigenvalue weighted by Gasteiger charge is -2.06. The first-order valence-corrected chi connectivity index (χ1v) is 6.63. The second kappa shape index (κ2) is 4.56. The van der Waals surface area contributed by atoms with E-state index in [-0.39, 0.29) is 11.3 Å². The highest BCUT2D eigenvalue weighted by Crippen LogP contribution is 2.29. The molecule has 0 amide bonds. The molecule has 0 radical (unpaired) electrons. The highest BCUT2D eigenvalue weighted by atomic mass is 79.9. The normalized spacial score (nSPS) is 11.2. The minimum atomic E-state index is -0.771. The predicted octanol–water partition coefficient (Wildman–Crippen LogP) is 3.86. The van der Waals surface area contributed by atoms with Crippen molar-refractivity contribution < 1.29 is 8.78 Å². The summed E-state index contributed by atoms with van der Waals surface area (Å²) < 4.78 is 29.8. The van der Waals surface area contributed by atoms with Gasteiger partial charge in [0.05, 0.1) is 22.3 Å². The molecule has 0 spiro atoms. The van der Waals surface area contributed by atoms with Crippen LogP contribution in [-0.4, -0.2) is 9.55 Å². The Morgan fingerprint density at radius 2 is 1.90 bits per heavy atom. The lowest BCUT2D eigenvalue weighted by atomic mass is 10.1. The maximum absolute atomic E-state index is 13.9. The van der Waals surface area contributed by atoms with E-state index < -0.39 is 11.6 Å². The zero-order valence-electron chi connectivity index (χ0n) is 10.5. The van der Waals surface area contributed by atoms with Gasteiger partial charge in [0.25, 0.3) is 0 Å². The van der Waals surface area contributed by atoms with Gasteiger partial charge in [-0.1, -0.05) is 15.9 Å². The summed E-state index contributed by atoms with van der Waals surface area (Å²) in [6.45, 7) is 0. The van der Waals surface area contributed by atoms with Crippen LogP contribution in [0.4, 0.5) is 14.5 Å². The Balaban J connectivity index is 2.30. The number of aromatic nitrogens is 2. The van der Waals surface area contributed by atoms with Crippen molar-refractivity contribution in [3.63, 3.8) is 0 Å². The maximum atomic E-state index is 13.9. The van der Waals surface area contributed by atoms with E-state index in [0.29, 0.717) is 5.82 Å². The lowest BCUT2D eigenvalue weighted by Crippen LogP contribution is -1.99. The molecule has 3 rings (SSSR count). The monoisotopic (exact) mass is 337 g/mol. The van der Waals surface area contributed by atoms with Gasteiger partial charge in [-0.15, -0.1) is 0 Å². The number of rotatable bonds is 1. The predicted molar refractivity (Wildman–Crippen MR) is 78.2 cm³/mol. The van der Waals surface area contributed by atoms with Crippen LogP contribution >= 0.6 is 15.9 Å². The van der Waals surface area contributed by atoms with Crippen LogP contribution in [-0.2, 0) is 7.05 Å². The summed E-state index contributed by atoms with van der Waals surface area (Å²) in [5.41, 5.74) is 7.16. The van der Waals surface area contributed by atoms with Gasteiger partial charge in [0, 0.05) is 17.6 Å². The molecule has 0 bridgehead atoms. The van der Waals surface area contributed by atoms with E-state index in [1.54, 1.807) is 11.6 Å². The summed E-state index contributed by atoms with van der Waals surface area (Å²) in [4.78, 5) is 4.39. The van der Waals surface area contributed by atoms with Gasteiger partial charge in [0.1, 0.15) is 17.5 Å². The van der Waals surface area contributed by atoms with Gasteiger partial charge in [-0.05, 0) is 24.3 Å². The number of nitrogen functional groups attached to an aromatic ring is 1. The average Bonchev–Trinajstić information content (AvgIpc) is 2.70. The number of aryl methyl sites for hydroxylation is 1. The number of nitrogens with zero attached hydrogens (tertiary/aromatic N) is 2. The Bertz CT molecular complexity index is 827. The zero-order chi connectivity index (χ0) is 14.4. The van der Waals surface area contributed by atoms with Crippen LogP contribution in [0.1, 0.15) is 0 Å². The number of fused-ring (bicyclic) bond motifs is 1. The molecule has 20 heavy (non-hydrogen) atoms. The first kappa shape index (κ1) is 13.1. The van der Waals surface area contributed by atoms with Crippen molar-refractivity contribution in [3.05, 3.63) is 46.4 Å². The minimum absolute atomic E-state index is 0.102. The first-order chi connectivity index (χ1) is 9.47. The van der Waals surface area contributed by atoms with E-state index >= 15 is 0 Å². The average molecular weight is 338 g/mol. The van der Waals surface area contributed by atoms with Crippen molar-refractivity contribution in [2.45, 2.75) is 0 Å². The second-order valence-corrected chi connectivity index (χ2v) is 5.40. The van der Waals surface area contributed by atoms with Crippen molar-refractivity contribution in [2.24, 2.45) is 7.05 Å². The molecule has 3 aromatic rings. The molecular formula is C14H10BrF2N3. The van der Waals surface area contributed by atoms with E-state index in [1.807, 2.05) is 18.2 Å². The third-order valence-electron chi connectivity index (χ3n) is 3.17. The molecule has 2 aromatic carbocycles. The summed E-state index contributed by atoms with van der Waals surface area (Å²) >= 11 is 3.37. The number of hydrogen-bond acceptors (Lipinski definition) is 2. The summed E-state index contributed by atoms with van der Waals surface area (Å²) in [5, 5.41) is 0. The summed E-state index contributed by atoms with van der Waals surface area (Å²) in [6, 6.07) is 7.63. The van der Waals surface area contributed by atoms with Crippen molar-refractivity contribution >= 4 is 32.7 Å².